The molecule has 1 heterocycles. The Kier molecular flexibility index (Phi) is 6.93. The molecule has 2 rings (SSSR count). The molecule has 2 heteroatoms. The van der Waals surface area contributed by atoms with E-state index in [-0.39, 0.29) is 8.80 Å². The van der Waals surface area contributed by atoms with E-state index in [4.69, 9.17) is 4.74 Å². The van der Waals surface area contributed by atoms with E-state index in [9.17, 15) is 0 Å². The molecule has 0 atom stereocenters. The molecular formula is C17H33OSi. The van der Waals surface area contributed by atoms with Gasteiger partial charge in [0.05, 0.1) is 6.10 Å². The molecule has 1 radical (unpaired) electrons. The molecule has 1 saturated carbocycles. The Morgan fingerprint density at radius 2 is 1.53 bits per heavy atom. The lowest BCUT2D eigenvalue weighted by Crippen LogP contribution is -2.30. The Morgan fingerprint density at radius 1 is 0.895 bits per heavy atom. The minimum absolute atomic E-state index is 0.0694. The number of rotatable bonds is 6. The van der Waals surface area contributed by atoms with Gasteiger partial charge in [-0.15, -0.1) is 0 Å². The van der Waals surface area contributed by atoms with Gasteiger partial charge in [0.1, 0.15) is 0 Å². The average molecular weight is 282 g/mol. The second-order valence-corrected chi connectivity index (χ2v) is 9.82. The van der Waals surface area contributed by atoms with E-state index in [0.29, 0.717) is 6.10 Å². The van der Waals surface area contributed by atoms with E-state index < -0.39 is 0 Å². The number of hydrogen-bond acceptors (Lipinski definition) is 1. The molecule has 0 bridgehead atoms. The fourth-order valence-corrected chi connectivity index (χ4v) is 7.25. The molecule has 1 aliphatic carbocycles. The highest BCUT2D eigenvalue weighted by Crippen LogP contribution is 2.40. The zero-order valence-corrected chi connectivity index (χ0v) is 14.1. The smallest absolute Gasteiger partial charge is 0.0571 e. The fraction of sp³-hybridized carbons (Fsp3) is 1.00. The molecule has 0 aromatic heterocycles. The largest absolute Gasteiger partial charge is 0.381 e. The van der Waals surface area contributed by atoms with Gasteiger partial charge in [-0.1, -0.05) is 57.2 Å². The van der Waals surface area contributed by atoms with Crippen LogP contribution >= 0.6 is 0 Å². The minimum Gasteiger partial charge on any atom is -0.381 e. The Morgan fingerprint density at radius 3 is 2.11 bits per heavy atom. The van der Waals surface area contributed by atoms with Crippen LogP contribution in [-0.4, -0.2) is 22.0 Å². The maximum absolute atomic E-state index is 5.50. The molecule has 1 nitrogen and oxygen atoms in total. The van der Waals surface area contributed by atoms with E-state index >= 15 is 0 Å². The van der Waals surface area contributed by atoms with E-state index in [1.54, 1.807) is 31.0 Å². The van der Waals surface area contributed by atoms with Gasteiger partial charge in [0.15, 0.2) is 0 Å². The van der Waals surface area contributed by atoms with Gasteiger partial charge in [0.25, 0.3) is 0 Å². The highest BCUT2D eigenvalue weighted by atomic mass is 28.3. The van der Waals surface area contributed by atoms with Crippen molar-refractivity contribution in [3.63, 3.8) is 0 Å². The first kappa shape index (κ1) is 15.6. The third-order valence-electron chi connectivity index (χ3n) is 5.59. The summed E-state index contributed by atoms with van der Waals surface area (Å²) in [5, 5.41) is 0. The van der Waals surface area contributed by atoms with Crippen LogP contribution in [0.5, 0.6) is 0 Å². The zero-order valence-electron chi connectivity index (χ0n) is 13.1. The van der Waals surface area contributed by atoms with Crippen molar-refractivity contribution < 1.29 is 4.74 Å². The van der Waals surface area contributed by atoms with Gasteiger partial charge in [0.2, 0.25) is 0 Å². The summed E-state index contributed by atoms with van der Waals surface area (Å²) in [6, 6.07) is 4.87. The quantitative estimate of drug-likeness (QED) is 0.475. The summed E-state index contributed by atoms with van der Waals surface area (Å²) in [4.78, 5) is 0. The molecule has 0 aromatic rings. The molecule has 1 aliphatic heterocycles. The van der Waals surface area contributed by atoms with E-state index in [0.717, 1.165) is 11.8 Å². The molecule has 0 unspecified atom stereocenters. The van der Waals surface area contributed by atoms with Crippen molar-refractivity contribution in [1.82, 2.24) is 0 Å². The topological polar surface area (TPSA) is 9.23 Å². The third kappa shape index (κ3) is 4.89. The number of hydrogen-bond donors (Lipinski definition) is 0. The zero-order chi connectivity index (χ0) is 13.5. The lowest BCUT2D eigenvalue weighted by Gasteiger charge is -2.37. The van der Waals surface area contributed by atoms with Crippen LogP contribution in [0.4, 0.5) is 0 Å². The molecule has 0 aromatic carbocycles. The summed E-state index contributed by atoms with van der Waals surface area (Å²) in [5.74, 6) is 2.13. The summed E-state index contributed by atoms with van der Waals surface area (Å²) >= 11 is 0. The number of ether oxygens (including phenoxy) is 1. The van der Waals surface area contributed by atoms with Crippen molar-refractivity contribution in [1.29, 1.82) is 0 Å². The van der Waals surface area contributed by atoms with Crippen LogP contribution in [0.25, 0.3) is 0 Å². The van der Waals surface area contributed by atoms with Crippen LogP contribution < -0.4 is 0 Å². The lowest BCUT2D eigenvalue weighted by atomic mass is 9.76. The summed E-state index contributed by atoms with van der Waals surface area (Å²) in [5.41, 5.74) is 0. The van der Waals surface area contributed by atoms with Crippen LogP contribution in [-0.2, 0) is 4.74 Å². The highest BCUT2D eigenvalue weighted by Gasteiger charge is 2.31. The van der Waals surface area contributed by atoms with E-state index in [1.807, 2.05) is 7.11 Å². The predicted molar refractivity (Wildman–Crippen MR) is 85.2 cm³/mol. The van der Waals surface area contributed by atoms with E-state index in [2.05, 4.69) is 6.92 Å². The van der Waals surface area contributed by atoms with E-state index in [1.165, 1.54) is 44.9 Å². The second kappa shape index (κ2) is 8.46. The molecule has 1 saturated heterocycles. The Bertz CT molecular complexity index is 227. The van der Waals surface area contributed by atoms with Crippen molar-refractivity contribution in [2.45, 2.75) is 88.9 Å². The molecule has 19 heavy (non-hydrogen) atoms. The summed E-state index contributed by atoms with van der Waals surface area (Å²) in [6.07, 6.45) is 13.6. The van der Waals surface area contributed by atoms with Crippen LogP contribution in [0.15, 0.2) is 0 Å². The molecule has 111 valence electrons. The minimum atomic E-state index is 0.0694. The summed E-state index contributed by atoms with van der Waals surface area (Å²) in [6.45, 7) is 2.32. The first-order valence-electron chi connectivity index (χ1n) is 8.69. The summed E-state index contributed by atoms with van der Waals surface area (Å²) < 4.78 is 5.50. The predicted octanol–water partition coefficient (Wildman–Crippen LogP) is 5.29. The maximum Gasteiger partial charge on any atom is 0.0571 e. The Balaban J connectivity index is 1.63. The van der Waals surface area contributed by atoms with Crippen LogP contribution in [0.1, 0.15) is 64.7 Å². The van der Waals surface area contributed by atoms with Gasteiger partial charge >= 0.3 is 0 Å². The van der Waals surface area contributed by atoms with Crippen LogP contribution in [0, 0.1) is 11.8 Å². The normalized spacial score (nSPS) is 30.6. The van der Waals surface area contributed by atoms with Crippen molar-refractivity contribution >= 4 is 8.80 Å². The number of methoxy groups -OCH3 is 1. The summed E-state index contributed by atoms with van der Waals surface area (Å²) in [7, 11) is 1.95. The molecular weight excluding hydrogens is 248 g/mol. The van der Waals surface area contributed by atoms with Gasteiger partial charge in [-0.25, -0.2) is 0 Å². The molecule has 2 fully saturated rings. The molecule has 0 amide bonds. The third-order valence-corrected chi connectivity index (χ3v) is 8.64. The van der Waals surface area contributed by atoms with Gasteiger partial charge in [-0.2, -0.15) is 0 Å². The average Bonchev–Trinajstić information content (AvgIpc) is 2.48. The second-order valence-electron chi connectivity index (χ2n) is 6.82. The fourth-order valence-electron chi connectivity index (χ4n) is 4.19. The van der Waals surface area contributed by atoms with Gasteiger partial charge in [-0.05, 0) is 37.5 Å². The standard InChI is InChI=1S/C17H33OSi/c1-3-4-5-12-19-13-10-16(11-14-19)15-6-8-17(18-2)9-7-15/h15-17H,3-14H2,1-2H3. The van der Waals surface area contributed by atoms with Gasteiger partial charge in [0, 0.05) is 15.9 Å². The first-order chi connectivity index (χ1) is 9.33. The molecule has 0 N–H and O–H groups in total. The van der Waals surface area contributed by atoms with Crippen molar-refractivity contribution in [3.8, 4) is 0 Å². The lowest BCUT2D eigenvalue weighted by molar-refractivity contribution is 0.0449. The van der Waals surface area contributed by atoms with Crippen LogP contribution in [0.3, 0.4) is 0 Å². The number of unbranched alkanes of at least 4 members (excludes halogenated alkanes) is 2. The SMILES string of the molecule is CCCCC[Si]1CCC(C2CCC(OC)CC2)CC1. The van der Waals surface area contributed by atoms with Gasteiger partial charge in [-0.3, -0.25) is 0 Å². The van der Waals surface area contributed by atoms with Crippen molar-refractivity contribution in [2.75, 3.05) is 7.11 Å². The Hall–Kier alpha value is 0.177. The van der Waals surface area contributed by atoms with Gasteiger partial charge < -0.3 is 4.74 Å². The van der Waals surface area contributed by atoms with Crippen LogP contribution in [0.2, 0.25) is 18.1 Å². The monoisotopic (exact) mass is 281 g/mol. The molecule has 2 aliphatic rings. The highest BCUT2D eigenvalue weighted by molar-refractivity contribution is 6.58. The van der Waals surface area contributed by atoms with Crippen molar-refractivity contribution in [2.24, 2.45) is 11.8 Å². The Labute approximate surface area is 122 Å². The molecule has 0 spiro atoms. The van der Waals surface area contributed by atoms with Crippen molar-refractivity contribution in [3.05, 3.63) is 0 Å². The first-order valence-corrected chi connectivity index (χ1v) is 10.8. The maximum atomic E-state index is 5.50.